The van der Waals surface area contributed by atoms with Crippen molar-refractivity contribution in [1.82, 2.24) is 0 Å². The lowest BCUT2D eigenvalue weighted by atomic mass is 10.2. The molecule has 2 rings (SSSR count). The van der Waals surface area contributed by atoms with Crippen molar-refractivity contribution in [2.45, 2.75) is 11.8 Å². The van der Waals surface area contributed by atoms with Crippen molar-refractivity contribution in [3.8, 4) is 0 Å². The Hall–Kier alpha value is -1.75. The van der Waals surface area contributed by atoms with Crippen LogP contribution in [0.25, 0.3) is 0 Å². The van der Waals surface area contributed by atoms with Crippen molar-refractivity contribution < 1.29 is 17.7 Å². The molecule has 2 aromatic carbocycles. The number of nitro benzene ring substituents is 1. The number of nitrogens with zero attached hydrogens (tertiary/aromatic N) is 1. The zero-order valence-electron chi connectivity index (χ0n) is 11.2. The van der Waals surface area contributed by atoms with Crippen molar-refractivity contribution in [1.29, 1.82) is 0 Å². The normalized spacial score (nSPS) is 11.2. The summed E-state index contributed by atoms with van der Waals surface area (Å²) in [5.41, 5.74) is -0.158. The summed E-state index contributed by atoms with van der Waals surface area (Å²) in [5.74, 6) is -1.04. The van der Waals surface area contributed by atoms with Gasteiger partial charge in [0.25, 0.3) is 15.7 Å². The van der Waals surface area contributed by atoms with E-state index in [0.29, 0.717) is 0 Å². The number of halogens is 2. The maximum absolute atomic E-state index is 13.9. The Morgan fingerprint density at radius 2 is 1.95 bits per heavy atom. The molecule has 0 fully saturated rings. The number of rotatable bonds is 4. The fraction of sp³-hybridized carbons (Fsp3) is 0.0769. The number of hydrogen-bond donors (Lipinski definition) is 1. The second-order valence-electron chi connectivity index (χ2n) is 4.44. The van der Waals surface area contributed by atoms with E-state index in [1.165, 1.54) is 13.0 Å². The summed E-state index contributed by atoms with van der Waals surface area (Å²) in [5, 5.41) is 10.9. The first kappa shape index (κ1) is 16.6. The highest BCUT2D eigenvalue weighted by Crippen LogP contribution is 2.27. The molecule has 116 valence electrons. The quantitative estimate of drug-likeness (QED) is 0.452. The molecule has 0 unspecified atom stereocenters. The van der Waals surface area contributed by atoms with Crippen LogP contribution in [-0.2, 0) is 10.0 Å². The van der Waals surface area contributed by atoms with Crippen molar-refractivity contribution in [3.05, 3.63) is 61.5 Å². The van der Waals surface area contributed by atoms with Crippen LogP contribution in [-0.4, -0.2) is 13.3 Å². The number of aryl methyl sites for hydroxylation is 1. The molecule has 0 saturated carbocycles. The summed E-state index contributed by atoms with van der Waals surface area (Å²) in [6, 6.07) is 8.00. The van der Waals surface area contributed by atoms with Gasteiger partial charge in [-0.2, -0.15) is 0 Å². The third kappa shape index (κ3) is 3.53. The van der Waals surface area contributed by atoms with Gasteiger partial charge in [0.2, 0.25) is 0 Å². The van der Waals surface area contributed by atoms with Gasteiger partial charge < -0.3 is 0 Å². The molecule has 0 bridgehead atoms. The molecule has 2 aromatic rings. The second kappa shape index (κ2) is 6.16. The summed E-state index contributed by atoms with van der Waals surface area (Å²) in [6.07, 6.45) is 0. The maximum Gasteiger partial charge on any atom is 0.273 e. The zero-order chi connectivity index (χ0) is 16.5. The number of benzene rings is 2. The summed E-state index contributed by atoms with van der Waals surface area (Å²) in [4.78, 5) is 9.37. The lowest BCUT2D eigenvalue weighted by Crippen LogP contribution is -2.15. The van der Waals surface area contributed by atoms with Gasteiger partial charge in [-0.1, -0.05) is 6.07 Å². The first-order chi connectivity index (χ1) is 10.2. The van der Waals surface area contributed by atoms with E-state index in [1.54, 1.807) is 18.2 Å². The van der Waals surface area contributed by atoms with Gasteiger partial charge in [-0.3, -0.25) is 14.8 Å². The molecule has 9 heteroatoms. The highest BCUT2D eigenvalue weighted by Gasteiger charge is 2.24. The summed E-state index contributed by atoms with van der Waals surface area (Å²) < 4.78 is 41.4. The lowest BCUT2D eigenvalue weighted by Gasteiger charge is -2.10. The first-order valence-electron chi connectivity index (χ1n) is 5.93. The molecule has 0 atom stereocenters. The smallest absolute Gasteiger partial charge is 0.273 e. The summed E-state index contributed by atoms with van der Waals surface area (Å²) in [6.45, 7) is 1.34. The average molecular weight is 436 g/mol. The minimum Gasteiger partial charge on any atom is -0.280 e. The van der Waals surface area contributed by atoms with Crippen LogP contribution in [0.2, 0.25) is 0 Å². The Balaban J connectivity index is 2.50. The molecule has 0 heterocycles. The van der Waals surface area contributed by atoms with E-state index in [9.17, 15) is 22.9 Å². The predicted molar refractivity (Wildman–Crippen MR) is 87.8 cm³/mol. The van der Waals surface area contributed by atoms with Crippen molar-refractivity contribution in [2.75, 3.05) is 4.72 Å². The fourth-order valence-electron chi connectivity index (χ4n) is 1.81. The molecule has 22 heavy (non-hydrogen) atoms. The fourth-order valence-corrected chi connectivity index (χ4v) is 3.48. The predicted octanol–water partition coefficient (Wildman–Crippen LogP) is 3.45. The van der Waals surface area contributed by atoms with E-state index < -0.39 is 31.3 Å². The SMILES string of the molecule is Cc1cc(F)c(S(=O)(=O)Nc2cccc(I)c2)cc1[N+](=O)[O-]. The van der Waals surface area contributed by atoms with Gasteiger partial charge in [0.15, 0.2) is 0 Å². The number of anilines is 1. The van der Waals surface area contributed by atoms with Gasteiger partial charge in [-0.05, 0) is 53.8 Å². The molecule has 0 aromatic heterocycles. The molecule has 0 aliphatic heterocycles. The van der Waals surface area contributed by atoms with E-state index in [-0.39, 0.29) is 11.3 Å². The van der Waals surface area contributed by atoms with Crippen LogP contribution < -0.4 is 4.72 Å². The summed E-state index contributed by atoms with van der Waals surface area (Å²) in [7, 11) is -4.27. The minimum absolute atomic E-state index is 0.0516. The molecule has 0 amide bonds. The molecule has 6 nitrogen and oxygen atoms in total. The van der Waals surface area contributed by atoms with Crippen LogP contribution in [0.3, 0.4) is 0 Å². The molecule has 0 aliphatic rings. The van der Waals surface area contributed by atoms with Gasteiger partial charge in [0.1, 0.15) is 10.7 Å². The number of nitro groups is 1. The Labute approximate surface area is 139 Å². The Kier molecular flexibility index (Phi) is 4.66. The van der Waals surface area contributed by atoms with Crippen molar-refractivity contribution in [2.24, 2.45) is 0 Å². The molecular formula is C13H10FIN2O4S. The maximum atomic E-state index is 13.9. The van der Waals surface area contributed by atoms with Gasteiger partial charge in [0.05, 0.1) is 4.92 Å². The lowest BCUT2D eigenvalue weighted by molar-refractivity contribution is -0.385. The van der Waals surface area contributed by atoms with E-state index in [1.807, 2.05) is 22.6 Å². The average Bonchev–Trinajstić information content (AvgIpc) is 2.37. The van der Waals surface area contributed by atoms with Gasteiger partial charge in [-0.15, -0.1) is 0 Å². The Bertz CT molecular complexity index is 855. The molecule has 0 aliphatic carbocycles. The second-order valence-corrected chi connectivity index (χ2v) is 7.34. The van der Waals surface area contributed by atoms with E-state index in [4.69, 9.17) is 0 Å². The molecule has 0 radical (unpaired) electrons. The minimum atomic E-state index is -4.27. The zero-order valence-corrected chi connectivity index (χ0v) is 14.2. The Morgan fingerprint density at radius 1 is 1.27 bits per heavy atom. The van der Waals surface area contributed by atoms with E-state index >= 15 is 0 Å². The van der Waals surface area contributed by atoms with Crippen molar-refractivity contribution >= 4 is 44.0 Å². The Morgan fingerprint density at radius 3 is 2.55 bits per heavy atom. The van der Waals surface area contributed by atoms with E-state index in [2.05, 4.69) is 4.72 Å². The number of sulfonamides is 1. The van der Waals surface area contributed by atoms with Crippen LogP contribution in [0, 0.1) is 26.4 Å². The van der Waals surface area contributed by atoms with Crippen molar-refractivity contribution in [3.63, 3.8) is 0 Å². The molecule has 0 spiro atoms. The van der Waals surface area contributed by atoms with Crippen LogP contribution >= 0.6 is 22.6 Å². The summed E-state index contributed by atoms with van der Waals surface area (Å²) >= 11 is 2.00. The van der Waals surface area contributed by atoms with Crippen LogP contribution in [0.15, 0.2) is 41.3 Å². The largest absolute Gasteiger partial charge is 0.280 e. The van der Waals surface area contributed by atoms with Gasteiger partial charge >= 0.3 is 0 Å². The highest BCUT2D eigenvalue weighted by atomic mass is 127. The third-order valence-corrected chi connectivity index (χ3v) is 4.88. The molecule has 1 N–H and O–H groups in total. The molecular weight excluding hydrogens is 426 g/mol. The van der Waals surface area contributed by atoms with Crippen LogP contribution in [0.5, 0.6) is 0 Å². The highest BCUT2D eigenvalue weighted by molar-refractivity contribution is 14.1. The van der Waals surface area contributed by atoms with Crippen LogP contribution in [0.1, 0.15) is 5.56 Å². The topological polar surface area (TPSA) is 89.3 Å². The van der Waals surface area contributed by atoms with E-state index in [0.717, 1.165) is 15.7 Å². The van der Waals surface area contributed by atoms with Gasteiger partial charge in [-0.25, -0.2) is 12.8 Å². The molecule has 0 saturated heterocycles. The van der Waals surface area contributed by atoms with Crippen LogP contribution in [0.4, 0.5) is 15.8 Å². The first-order valence-corrected chi connectivity index (χ1v) is 8.50. The monoisotopic (exact) mass is 436 g/mol. The number of nitrogens with one attached hydrogen (secondary N) is 1. The standard InChI is InChI=1S/C13H10FIN2O4S/c1-8-5-11(14)13(7-12(8)17(18)19)22(20,21)16-10-4-2-3-9(15)6-10/h2-7,16H,1H3. The number of hydrogen-bond acceptors (Lipinski definition) is 4. The third-order valence-electron chi connectivity index (χ3n) is 2.81. The van der Waals surface area contributed by atoms with Gasteiger partial charge in [0, 0.05) is 20.9 Å².